The van der Waals surface area contributed by atoms with E-state index in [0.29, 0.717) is 35.0 Å². The summed E-state index contributed by atoms with van der Waals surface area (Å²) in [6.45, 7) is 0. The Hall–Kier alpha value is -3.50. The van der Waals surface area contributed by atoms with Crippen molar-refractivity contribution in [1.29, 1.82) is 0 Å². The summed E-state index contributed by atoms with van der Waals surface area (Å²) in [7, 11) is 0. The highest BCUT2D eigenvalue weighted by Crippen LogP contribution is 2.41. The number of hydrogen-bond donors (Lipinski definition) is 3. The predicted octanol–water partition coefficient (Wildman–Crippen LogP) is 5.04. The summed E-state index contributed by atoms with van der Waals surface area (Å²) in [4.78, 5) is 14.6. The molecule has 0 aliphatic rings. The molecule has 0 radical (unpaired) electrons. The SMILES string of the molecule is O=C(NC(NNC(=Nc1ccc(F)cc1F)C(F)(F)F)(C(F)(F)F)C(F)(F)F)c1ccccc1F. The third-order valence-electron chi connectivity index (χ3n) is 4.05. The van der Waals surface area contributed by atoms with Crippen LogP contribution in [0.15, 0.2) is 47.5 Å². The van der Waals surface area contributed by atoms with Gasteiger partial charge in [0.2, 0.25) is 5.84 Å². The van der Waals surface area contributed by atoms with Gasteiger partial charge in [0.1, 0.15) is 17.3 Å². The highest BCUT2D eigenvalue weighted by atomic mass is 19.4. The van der Waals surface area contributed by atoms with Gasteiger partial charge >= 0.3 is 24.2 Å². The lowest BCUT2D eigenvalue weighted by atomic mass is 10.1. The van der Waals surface area contributed by atoms with Gasteiger partial charge in [0, 0.05) is 6.07 Å². The topological polar surface area (TPSA) is 65.5 Å². The van der Waals surface area contributed by atoms with Crippen molar-refractivity contribution in [3.63, 3.8) is 0 Å². The molecule has 5 nitrogen and oxygen atoms in total. The van der Waals surface area contributed by atoms with Crippen LogP contribution in [0, 0.1) is 17.5 Å². The van der Waals surface area contributed by atoms with E-state index in [1.165, 1.54) is 0 Å². The maximum absolute atomic E-state index is 13.7. The molecule has 0 spiro atoms. The largest absolute Gasteiger partial charge is 0.450 e. The molecule has 1 amide bonds. The first-order valence-electron chi connectivity index (χ1n) is 8.73. The highest BCUT2D eigenvalue weighted by Gasteiger charge is 2.73. The Balaban J connectivity index is 2.55. The fourth-order valence-electron chi connectivity index (χ4n) is 2.37. The van der Waals surface area contributed by atoms with Crippen molar-refractivity contribution < 1.29 is 57.5 Å². The minimum atomic E-state index is -6.59. The first-order valence-corrected chi connectivity index (χ1v) is 8.73. The molecular formula is C18H10F12N4O. The molecule has 2 rings (SSSR count). The summed E-state index contributed by atoms with van der Waals surface area (Å²) in [6, 6.07) is 3.65. The van der Waals surface area contributed by atoms with E-state index >= 15 is 0 Å². The molecule has 0 aliphatic heterocycles. The zero-order chi connectivity index (χ0) is 26.8. The lowest BCUT2D eigenvalue weighted by Crippen LogP contribution is -2.78. The number of halogens is 12. The average Bonchev–Trinajstić information content (AvgIpc) is 2.68. The molecule has 192 valence electrons. The molecule has 0 aliphatic carbocycles. The van der Waals surface area contributed by atoms with E-state index in [4.69, 9.17) is 0 Å². The normalized spacial score (nSPS) is 13.5. The van der Waals surface area contributed by atoms with Gasteiger partial charge in [0.25, 0.3) is 5.91 Å². The van der Waals surface area contributed by atoms with Gasteiger partial charge < -0.3 is 5.32 Å². The maximum Gasteiger partial charge on any atom is 0.450 e. The van der Waals surface area contributed by atoms with Crippen molar-refractivity contribution in [2.45, 2.75) is 24.2 Å². The van der Waals surface area contributed by atoms with Gasteiger partial charge in [0.15, 0.2) is 5.82 Å². The van der Waals surface area contributed by atoms with Gasteiger partial charge in [-0.15, -0.1) is 0 Å². The van der Waals surface area contributed by atoms with Crippen LogP contribution >= 0.6 is 0 Å². The first-order chi connectivity index (χ1) is 15.9. The molecule has 0 saturated heterocycles. The number of carbonyl (C=O) groups excluding carboxylic acids is 1. The van der Waals surface area contributed by atoms with Crippen molar-refractivity contribution in [2.75, 3.05) is 0 Å². The Morgan fingerprint density at radius 3 is 1.83 bits per heavy atom. The lowest BCUT2D eigenvalue weighted by Gasteiger charge is -2.38. The summed E-state index contributed by atoms with van der Waals surface area (Å²) in [6.07, 6.45) is -19.0. The molecule has 35 heavy (non-hydrogen) atoms. The molecule has 0 bridgehead atoms. The smallest absolute Gasteiger partial charge is 0.317 e. The van der Waals surface area contributed by atoms with Crippen molar-refractivity contribution >= 4 is 17.4 Å². The van der Waals surface area contributed by atoms with E-state index in [2.05, 4.69) is 4.99 Å². The predicted molar refractivity (Wildman–Crippen MR) is 94.5 cm³/mol. The number of nitrogens with one attached hydrogen (secondary N) is 3. The Labute approximate surface area is 186 Å². The second-order valence-electron chi connectivity index (χ2n) is 6.48. The molecule has 2 aromatic rings. The number of rotatable bonds is 5. The van der Waals surface area contributed by atoms with E-state index in [9.17, 15) is 57.5 Å². The number of amidine groups is 1. The summed E-state index contributed by atoms with van der Waals surface area (Å²) in [5.41, 5.74) is -7.41. The highest BCUT2D eigenvalue weighted by molar-refractivity contribution is 5.95. The number of hydrogen-bond acceptors (Lipinski definition) is 3. The van der Waals surface area contributed by atoms with Crippen LogP contribution in [0.5, 0.6) is 0 Å². The number of carbonyl (C=O) groups is 1. The summed E-state index contributed by atoms with van der Waals surface area (Å²) in [5, 5.41) is 0.409. The van der Waals surface area contributed by atoms with E-state index in [1.54, 1.807) is 0 Å². The molecule has 0 saturated carbocycles. The second-order valence-corrected chi connectivity index (χ2v) is 6.48. The summed E-state index contributed by atoms with van der Waals surface area (Å²) in [5.74, 6) is -9.49. The zero-order valence-electron chi connectivity index (χ0n) is 16.4. The van der Waals surface area contributed by atoms with Gasteiger partial charge in [-0.1, -0.05) is 12.1 Å². The number of nitrogens with zero attached hydrogens (tertiary/aromatic N) is 1. The van der Waals surface area contributed by atoms with E-state index in [0.717, 1.165) is 12.1 Å². The van der Waals surface area contributed by atoms with Crippen molar-refractivity contribution in [1.82, 2.24) is 16.2 Å². The summed E-state index contributed by atoms with van der Waals surface area (Å²) < 4.78 is 161. The number of amides is 1. The van der Waals surface area contributed by atoms with Gasteiger partial charge in [0.05, 0.1) is 5.56 Å². The van der Waals surface area contributed by atoms with Gasteiger partial charge in [-0.3, -0.25) is 10.2 Å². The minimum Gasteiger partial charge on any atom is -0.317 e. The van der Waals surface area contributed by atoms with Crippen LogP contribution in [0.3, 0.4) is 0 Å². The molecule has 3 N–H and O–H groups in total. The summed E-state index contributed by atoms with van der Waals surface area (Å²) >= 11 is 0. The van der Waals surface area contributed by atoms with E-state index < -0.39 is 64.6 Å². The molecule has 0 heterocycles. The van der Waals surface area contributed by atoms with Crippen LogP contribution in [-0.4, -0.2) is 35.9 Å². The van der Waals surface area contributed by atoms with Crippen LogP contribution in [-0.2, 0) is 0 Å². The maximum atomic E-state index is 13.7. The Bertz CT molecular complexity index is 1090. The Morgan fingerprint density at radius 2 is 1.34 bits per heavy atom. The lowest BCUT2D eigenvalue weighted by molar-refractivity contribution is -0.316. The quantitative estimate of drug-likeness (QED) is 0.168. The third-order valence-corrected chi connectivity index (χ3v) is 4.05. The number of hydrazine groups is 1. The molecule has 0 aromatic heterocycles. The Kier molecular flexibility index (Phi) is 7.63. The van der Waals surface area contributed by atoms with E-state index in [-0.39, 0.29) is 11.5 Å². The fraction of sp³-hybridized carbons (Fsp3) is 0.222. The van der Waals surface area contributed by atoms with Crippen LogP contribution in [0.1, 0.15) is 10.4 Å². The van der Waals surface area contributed by atoms with Gasteiger partial charge in [-0.25, -0.2) is 18.2 Å². The first kappa shape index (κ1) is 27.7. The Morgan fingerprint density at radius 1 is 0.771 bits per heavy atom. The number of alkyl halides is 9. The number of benzene rings is 2. The van der Waals surface area contributed by atoms with Crippen LogP contribution in [0.2, 0.25) is 0 Å². The van der Waals surface area contributed by atoms with Crippen LogP contribution in [0.4, 0.5) is 58.4 Å². The molecule has 0 atom stereocenters. The van der Waals surface area contributed by atoms with Crippen molar-refractivity contribution in [3.8, 4) is 0 Å². The standard InChI is InChI=1S/C18H10F12N4O/c19-8-5-6-12(11(21)7-8)31-14(15(22,23)24)33-34-16(17(25,26)27,18(28,29)30)32-13(35)9-3-1-2-4-10(9)20/h1-7,34H,(H,31,33)(H,32,35). The van der Waals surface area contributed by atoms with Crippen LogP contribution < -0.4 is 16.2 Å². The van der Waals surface area contributed by atoms with Crippen LogP contribution in [0.25, 0.3) is 0 Å². The number of aliphatic imine (C=N–C) groups is 1. The molecular weight excluding hydrogens is 516 g/mol. The fourth-order valence-corrected chi connectivity index (χ4v) is 2.37. The zero-order valence-corrected chi connectivity index (χ0v) is 16.4. The average molecular weight is 526 g/mol. The molecule has 0 unspecified atom stereocenters. The van der Waals surface area contributed by atoms with Crippen molar-refractivity contribution in [3.05, 3.63) is 65.5 Å². The van der Waals surface area contributed by atoms with Gasteiger partial charge in [-0.2, -0.15) is 44.9 Å². The monoisotopic (exact) mass is 526 g/mol. The van der Waals surface area contributed by atoms with E-state index in [1.807, 2.05) is 0 Å². The van der Waals surface area contributed by atoms with Gasteiger partial charge in [-0.05, 0) is 24.3 Å². The van der Waals surface area contributed by atoms with Crippen molar-refractivity contribution in [2.24, 2.45) is 4.99 Å². The molecule has 0 fully saturated rings. The molecule has 2 aromatic carbocycles. The second kappa shape index (κ2) is 9.63. The third kappa shape index (κ3) is 6.14. The molecule has 17 heteroatoms. The minimum absolute atomic E-state index is 0.0462.